The van der Waals surface area contributed by atoms with Crippen molar-refractivity contribution >= 4 is 11.2 Å². The number of fused-ring (bicyclic) bond motifs is 1. The monoisotopic (exact) mass is 489 g/mol. The largest absolute Gasteiger partial charge is 0.474 e. The maximum absolute atomic E-state index is 13.6. The third-order valence-corrected chi connectivity index (χ3v) is 6.77. The lowest BCUT2D eigenvalue weighted by molar-refractivity contribution is 0.114. The van der Waals surface area contributed by atoms with Crippen molar-refractivity contribution in [1.82, 2.24) is 23.7 Å². The maximum atomic E-state index is 13.6. The first-order valence-corrected chi connectivity index (χ1v) is 12.5. The lowest BCUT2D eigenvalue weighted by atomic mass is 9.96. The van der Waals surface area contributed by atoms with Crippen LogP contribution < -0.4 is 16.0 Å². The van der Waals surface area contributed by atoms with E-state index in [0.29, 0.717) is 42.4 Å². The van der Waals surface area contributed by atoms with Crippen LogP contribution in [0.1, 0.15) is 43.7 Å². The molecular weight excluding hydrogens is 458 g/mol. The number of aliphatic hydroxyl groups excluding tert-OH is 1. The van der Waals surface area contributed by atoms with Crippen LogP contribution in [-0.4, -0.2) is 41.5 Å². The Morgan fingerprint density at radius 2 is 1.83 bits per heavy atom. The summed E-state index contributed by atoms with van der Waals surface area (Å²) in [6.45, 7) is 4.69. The molecular formula is C27H31N5O4. The topological polar surface area (TPSA) is 104 Å². The molecule has 1 aliphatic rings. The van der Waals surface area contributed by atoms with Crippen LogP contribution in [-0.2, 0) is 19.6 Å². The Balaban J connectivity index is 1.68. The molecule has 9 nitrogen and oxygen atoms in total. The Morgan fingerprint density at radius 1 is 1.06 bits per heavy atom. The van der Waals surface area contributed by atoms with Gasteiger partial charge in [-0.3, -0.25) is 13.9 Å². The second kappa shape index (κ2) is 10.1. The molecule has 9 heteroatoms. The lowest BCUT2D eigenvalue weighted by Gasteiger charge is -2.25. The van der Waals surface area contributed by atoms with Gasteiger partial charge in [-0.05, 0) is 51.2 Å². The van der Waals surface area contributed by atoms with Gasteiger partial charge < -0.3 is 14.4 Å². The number of nitrogens with zero attached hydrogens (tertiary/aromatic N) is 5. The van der Waals surface area contributed by atoms with E-state index in [1.165, 1.54) is 15.6 Å². The van der Waals surface area contributed by atoms with Crippen molar-refractivity contribution < 1.29 is 9.84 Å². The number of benzene rings is 1. The minimum atomic E-state index is -0.419. The highest BCUT2D eigenvalue weighted by Gasteiger charge is 2.23. The quantitative estimate of drug-likeness (QED) is 0.387. The highest BCUT2D eigenvalue weighted by molar-refractivity contribution is 5.77. The summed E-state index contributed by atoms with van der Waals surface area (Å²) in [5, 5.41) is 9.31. The molecule has 1 aromatic carbocycles. The van der Waals surface area contributed by atoms with Crippen LogP contribution in [0.2, 0.25) is 0 Å². The molecule has 0 atom stereocenters. The SMILES string of the molecule is CCn1c(=O)n(CCCO)c(=O)c2c1nc(-c1ccc(OC3CCC3)nc1)n2Cc1ccc(C)cc1. The third kappa shape index (κ3) is 4.46. The molecule has 0 aliphatic heterocycles. The summed E-state index contributed by atoms with van der Waals surface area (Å²) in [6.07, 6.45) is 5.53. The van der Waals surface area contributed by atoms with Gasteiger partial charge in [0, 0.05) is 44.1 Å². The van der Waals surface area contributed by atoms with E-state index in [0.717, 1.165) is 29.5 Å². The van der Waals surface area contributed by atoms with Crippen molar-refractivity contribution in [1.29, 1.82) is 0 Å². The minimum Gasteiger partial charge on any atom is -0.474 e. The Bertz CT molecular complexity index is 1480. The van der Waals surface area contributed by atoms with E-state index in [2.05, 4.69) is 4.98 Å². The van der Waals surface area contributed by atoms with Gasteiger partial charge in [-0.15, -0.1) is 0 Å². The van der Waals surface area contributed by atoms with Crippen LogP contribution in [0.15, 0.2) is 52.2 Å². The summed E-state index contributed by atoms with van der Waals surface area (Å²) >= 11 is 0. The average molecular weight is 490 g/mol. The summed E-state index contributed by atoms with van der Waals surface area (Å²) in [5.74, 6) is 1.13. The van der Waals surface area contributed by atoms with Gasteiger partial charge in [-0.1, -0.05) is 29.8 Å². The first-order chi connectivity index (χ1) is 17.5. The van der Waals surface area contributed by atoms with Crippen molar-refractivity contribution in [3.63, 3.8) is 0 Å². The molecule has 0 saturated heterocycles. The number of aromatic nitrogens is 5. The van der Waals surface area contributed by atoms with E-state index in [-0.39, 0.29) is 19.3 Å². The number of ether oxygens (including phenoxy) is 1. The molecule has 1 saturated carbocycles. The van der Waals surface area contributed by atoms with Gasteiger partial charge in [0.2, 0.25) is 5.88 Å². The molecule has 0 unspecified atom stereocenters. The number of aryl methyl sites for hydroxylation is 2. The summed E-state index contributed by atoms with van der Waals surface area (Å²) in [6, 6.07) is 11.8. The molecule has 188 valence electrons. The van der Waals surface area contributed by atoms with Crippen LogP contribution in [0.3, 0.4) is 0 Å². The van der Waals surface area contributed by atoms with Crippen molar-refractivity contribution in [3.05, 3.63) is 74.6 Å². The van der Waals surface area contributed by atoms with Crippen LogP contribution in [0.5, 0.6) is 5.88 Å². The van der Waals surface area contributed by atoms with Crippen LogP contribution in [0.4, 0.5) is 0 Å². The van der Waals surface area contributed by atoms with Crippen molar-refractivity contribution in [2.75, 3.05) is 6.61 Å². The number of hydrogen-bond donors (Lipinski definition) is 1. The summed E-state index contributed by atoms with van der Waals surface area (Å²) < 4.78 is 10.5. The summed E-state index contributed by atoms with van der Waals surface area (Å²) in [7, 11) is 0. The van der Waals surface area contributed by atoms with Gasteiger partial charge in [-0.25, -0.2) is 14.8 Å². The molecule has 4 aromatic rings. The first-order valence-electron chi connectivity index (χ1n) is 12.5. The molecule has 0 radical (unpaired) electrons. The smallest absolute Gasteiger partial charge is 0.332 e. The fourth-order valence-corrected chi connectivity index (χ4v) is 4.49. The Morgan fingerprint density at radius 3 is 2.44 bits per heavy atom. The Kier molecular flexibility index (Phi) is 6.73. The second-order valence-electron chi connectivity index (χ2n) is 9.30. The zero-order valence-electron chi connectivity index (χ0n) is 20.7. The zero-order chi connectivity index (χ0) is 25.2. The molecule has 0 amide bonds. The van der Waals surface area contributed by atoms with E-state index in [1.54, 1.807) is 6.20 Å². The van der Waals surface area contributed by atoms with Crippen molar-refractivity contribution in [3.8, 4) is 17.3 Å². The first kappa shape index (κ1) is 24.0. The van der Waals surface area contributed by atoms with Crippen LogP contribution in [0, 0.1) is 6.92 Å². The average Bonchev–Trinajstić information content (AvgIpc) is 3.22. The van der Waals surface area contributed by atoms with E-state index in [9.17, 15) is 14.7 Å². The predicted octanol–water partition coefficient (Wildman–Crippen LogP) is 3.11. The second-order valence-corrected chi connectivity index (χ2v) is 9.30. The number of rotatable bonds is 9. The molecule has 1 fully saturated rings. The predicted molar refractivity (Wildman–Crippen MR) is 137 cm³/mol. The normalized spacial score (nSPS) is 13.8. The molecule has 0 spiro atoms. The number of hydrogen-bond acceptors (Lipinski definition) is 6. The molecule has 1 N–H and O–H groups in total. The number of imidazole rings is 1. The van der Waals surface area contributed by atoms with Crippen molar-refractivity contribution in [2.24, 2.45) is 0 Å². The molecule has 3 heterocycles. The standard InChI is InChI=1S/C27H31N5O4/c1-3-30-25-23(26(34)31(27(30)35)14-5-15-33)32(17-19-10-8-18(2)9-11-19)24(29-25)20-12-13-22(28-16-20)36-21-6-4-7-21/h8-13,16,21,33H,3-7,14-15,17H2,1-2H3. The van der Waals surface area contributed by atoms with Crippen LogP contribution >= 0.6 is 0 Å². The molecule has 1 aliphatic carbocycles. The molecule has 3 aromatic heterocycles. The number of pyridine rings is 1. The summed E-state index contributed by atoms with van der Waals surface area (Å²) in [5.41, 5.74) is 2.77. The van der Waals surface area contributed by atoms with E-state index in [4.69, 9.17) is 9.72 Å². The highest BCUT2D eigenvalue weighted by Crippen LogP contribution is 2.27. The minimum absolute atomic E-state index is 0.106. The fourth-order valence-electron chi connectivity index (χ4n) is 4.49. The number of aliphatic hydroxyl groups is 1. The van der Waals surface area contributed by atoms with Crippen LogP contribution in [0.25, 0.3) is 22.6 Å². The van der Waals surface area contributed by atoms with Crippen molar-refractivity contribution in [2.45, 2.75) is 65.3 Å². The molecule has 36 heavy (non-hydrogen) atoms. The lowest BCUT2D eigenvalue weighted by Crippen LogP contribution is -2.40. The Hall–Kier alpha value is -3.72. The van der Waals surface area contributed by atoms with Gasteiger partial charge in [0.1, 0.15) is 11.9 Å². The third-order valence-electron chi connectivity index (χ3n) is 6.77. The van der Waals surface area contributed by atoms with E-state index < -0.39 is 11.2 Å². The summed E-state index contributed by atoms with van der Waals surface area (Å²) in [4.78, 5) is 36.1. The molecule has 5 rings (SSSR count). The van der Waals surface area contributed by atoms with Gasteiger partial charge in [-0.2, -0.15) is 0 Å². The van der Waals surface area contributed by atoms with Gasteiger partial charge in [0.05, 0.1) is 0 Å². The Labute approximate surface area is 208 Å². The van der Waals surface area contributed by atoms with Gasteiger partial charge >= 0.3 is 5.69 Å². The maximum Gasteiger partial charge on any atom is 0.332 e. The van der Waals surface area contributed by atoms with E-state index >= 15 is 0 Å². The zero-order valence-corrected chi connectivity index (χ0v) is 20.7. The highest BCUT2D eigenvalue weighted by atomic mass is 16.5. The van der Waals surface area contributed by atoms with E-state index in [1.807, 2.05) is 54.8 Å². The molecule has 0 bridgehead atoms. The van der Waals surface area contributed by atoms with Gasteiger partial charge in [0.15, 0.2) is 11.2 Å². The fraction of sp³-hybridized carbons (Fsp3) is 0.407. The van der Waals surface area contributed by atoms with Gasteiger partial charge in [0.25, 0.3) is 5.56 Å².